The molecule has 1 aliphatic rings. The minimum Gasteiger partial charge on any atom is -0.493 e. The van der Waals surface area contributed by atoms with Crippen LogP contribution in [0.1, 0.15) is 19.4 Å². The van der Waals surface area contributed by atoms with E-state index in [1.807, 2.05) is 13.0 Å². The smallest absolute Gasteiger partial charge is 0.161 e. The molecule has 0 aromatic heterocycles. The lowest BCUT2D eigenvalue weighted by molar-refractivity contribution is 0.165. The predicted molar refractivity (Wildman–Crippen MR) is 76.9 cm³/mol. The van der Waals surface area contributed by atoms with Crippen LogP contribution in [0.3, 0.4) is 0 Å². The van der Waals surface area contributed by atoms with Gasteiger partial charge in [0.05, 0.1) is 13.7 Å². The average molecular weight is 264 g/mol. The molecule has 1 aromatic rings. The van der Waals surface area contributed by atoms with E-state index in [2.05, 4.69) is 29.3 Å². The van der Waals surface area contributed by atoms with E-state index in [9.17, 15) is 0 Å². The predicted octanol–water partition coefficient (Wildman–Crippen LogP) is 1.89. The van der Waals surface area contributed by atoms with Gasteiger partial charge in [0.15, 0.2) is 11.5 Å². The summed E-state index contributed by atoms with van der Waals surface area (Å²) in [5.41, 5.74) is 1.28. The Balaban J connectivity index is 2.09. The topological polar surface area (TPSA) is 33.7 Å². The average Bonchev–Trinajstić information content (AvgIpc) is 2.42. The highest BCUT2D eigenvalue weighted by Crippen LogP contribution is 2.28. The zero-order valence-electron chi connectivity index (χ0n) is 12.1. The summed E-state index contributed by atoms with van der Waals surface area (Å²) >= 11 is 0. The Bertz CT molecular complexity index is 409. The molecule has 1 fully saturated rings. The third-order valence-electron chi connectivity index (χ3n) is 3.55. The Hall–Kier alpha value is -1.26. The third-order valence-corrected chi connectivity index (χ3v) is 3.55. The molecule has 19 heavy (non-hydrogen) atoms. The monoisotopic (exact) mass is 264 g/mol. The number of methoxy groups -OCH3 is 1. The number of nitrogens with one attached hydrogen (secondary N) is 1. The summed E-state index contributed by atoms with van der Waals surface area (Å²) in [7, 11) is 1.68. The van der Waals surface area contributed by atoms with Crippen molar-refractivity contribution in [2.75, 3.05) is 33.4 Å². The molecule has 1 saturated heterocycles. The van der Waals surface area contributed by atoms with Crippen LogP contribution in [0.25, 0.3) is 0 Å². The zero-order valence-corrected chi connectivity index (χ0v) is 12.1. The highest BCUT2D eigenvalue weighted by Gasteiger charge is 2.18. The van der Waals surface area contributed by atoms with Gasteiger partial charge in [-0.3, -0.25) is 4.90 Å². The summed E-state index contributed by atoms with van der Waals surface area (Å²) in [6.45, 7) is 9.10. The molecule has 1 heterocycles. The van der Waals surface area contributed by atoms with Crippen molar-refractivity contribution < 1.29 is 9.47 Å². The van der Waals surface area contributed by atoms with Gasteiger partial charge in [0.1, 0.15) is 0 Å². The van der Waals surface area contributed by atoms with E-state index in [0.717, 1.165) is 37.7 Å². The van der Waals surface area contributed by atoms with Gasteiger partial charge in [-0.05, 0) is 31.5 Å². The molecular weight excluding hydrogens is 240 g/mol. The molecule has 0 unspecified atom stereocenters. The molecule has 0 radical (unpaired) electrons. The zero-order chi connectivity index (χ0) is 13.7. The highest BCUT2D eigenvalue weighted by molar-refractivity contribution is 5.43. The van der Waals surface area contributed by atoms with Crippen molar-refractivity contribution in [3.05, 3.63) is 23.8 Å². The summed E-state index contributed by atoms with van der Waals surface area (Å²) in [4.78, 5) is 2.49. The van der Waals surface area contributed by atoms with Crippen LogP contribution in [0, 0.1) is 0 Å². The summed E-state index contributed by atoms with van der Waals surface area (Å²) in [5, 5.41) is 3.41. The molecule has 0 spiro atoms. The Kier molecular flexibility index (Phi) is 5.05. The van der Waals surface area contributed by atoms with Crippen molar-refractivity contribution in [3.63, 3.8) is 0 Å². The van der Waals surface area contributed by atoms with E-state index in [1.165, 1.54) is 5.56 Å². The van der Waals surface area contributed by atoms with Gasteiger partial charge in [-0.15, -0.1) is 0 Å². The summed E-state index contributed by atoms with van der Waals surface area (Å²) < 4.78 is 10.9. The number of hydrogen-bond acceptors (Lipinski definition) is 4. The first-order valence-electron chi connectivity index (χ1n) is 6.99. The highest BCUT2D eigenvalue weighted by atomic mass is 16.5. The number of piperazine rings is 1. The fourth-order valence-electron chi connectivity index (χ4n) is 2.44. The van der Waals surface area contributed by atoms with Crippen molar-refractivity contribution in [2.45, 2.75) is 26.4 Å². The van der Waals surface area contributed by atoms with Gasteiger partial charge in [-0.25, -0.2) is 0 Å². The van der Waals surface area contributed by atoms with Gasteiger partial charge in [0.25, 0.3) is 0 Å². The van der Waals surface area contributed by atoms with Crippen LogP contribution in [0.2, 0.25) is 0 Å². The van der Waals surface area contributed by atoms with Crippen molar-refractivity contribution in [3.8, 4) is 11.5 Å². The lowest BCUT2D eigenvalue weighted by atomic mass is 10.1. The number of nitrogens with zero attached hydrogens (tertiary/aromatic N) is 1. The minimum absolute atomic E-state index is 0.575. The van der Waals surface area contributed by atoms with E-state index < -0.39 is 0 Å². The van der Waals surface area contributed by atoms with Crippen molar-refractivity contribution >= 4 is 0 Å². The standard InChI is InChI=1S/C15H24N2O2/c1-4-19-15-9-13(5-6-14(15)18-3)11-17-8-7-16-10-12(17)2/h5-6,9,12,16H,4,7-8,10-11H2,1-3H3/t12-/m1/s1. The van der Waals surface area contributed by atoms with Gasteiger partial charge in [-0.1, -0.05) is 6.07 Å². The first kappa shape index (κ1) is 14.2. The first-order valence-corrected chi connectivity index (χ1v) is 6.99. The van der Waals surface area contributed by atoms with Crippen LogP contribution >= 0.6 is 0 Å². The maximum absolute atomic E-state index is 5.63. The Labute approximate surface area is 115 Å². The summed E-state index contributed by atoms with van der Waals surface area (Å²) in [6.07, 6.45) is 0. The Morgan fingerprint density at radius 1 is 1.37 bits per heavy atom. The number of ether oxygens (including phenoxy) is 2. The quantitative estimate of drug-likeness (QED) is 0.880. The summed E-state index contributed by atoms with van der Waals surface area (Å²) in [6, 6.07) is 6.78. The molecule has 1 aliphatic heterocycles. The Morgan fingerprint density at radius 2 is 2.21 bits per heavy atom. The van der Waals surface area contributed by atoms with Crippen LogP contribution in [0.4, 0.5) is 0 Å². The Morgan fingerprint density at radius 3 is 2.89 bits per heavy atom. The lowest BCUT2D eigenvalue weighted by Crippen LogP contribution is -2.49. The maximum atomic E-state index is 5.63. The van der Waals surface area contributed by atoms with Gasteiger partial charge < -0.3 is 14.8 Å². The van der Waals surface area contributed by atoms with Crippen LogP contribution in [-0.2, 0) is 6.54 Å². The third kappa shape index (κ3) is 3.61. The molecule has 0 saturated carbocycles. The second-order valence-electron chi connectivity index (χ2n) is 4.94. The molecule has 4 heteroatoms. The molecule has 2 rings (SSSR count). The maximum Gasteiger partial charge on any atom is 0.161 e. The van der Waals surface area contributed by atoms with E-state index in [-0.39, 0.29) is 0 Å². The molecule has 0 bridgehead atoms. The molecular formula is C15H24N2O2. The fraction of sp³-hybridized carbons (Fsp3) is 0.600. The van der Waals surface area contributed by atoms with Crippen LogP contribution in [-0.4, -0.2) is 44.3 Å². The van der Waals surface area contributed by atoms with Crippen molar-refractivity contribution in [2.24, 2.45) is 0 Å². The van der Waals surface area contributed by atoms with Crippen molar-refractivity contribution in [1.29, 1.82) is 0 Å². The second-order valence-corrected chi connectivity index (χ2v) is 4.94. The van der Waals surface area contributed by atoms with Crippen LogP contribution in [0.5, 0.6) is 11.5 Å². The van der Waals surface area contributed by atoms with Gasteiger partial charge in [0.2, 0.25) is 0 Å². The van der Waals surface area contributed by atoms with E-state index in [1.54, 1.807) is 7.11 Å². The molecule has 106 valence electrons. The van der Waals surface area contributed by atoms with Gasteiger partial charge in [0, 0.05) is 32.2 Å². The van der Waals surface area contributed by atoms with Crippen molar-refractivity contribution in [1.82, 2.24) is 10.2 Å². The largest absolute Gasteiger partial charge is 0.493 e. The molecule has 0 aliphatic carbocycles. The van der Waals surface area contributed by atoms with Crippen LogP contribution < -0.4 is 14.8 Å². The first-order chi connectivity index (χ1) is 9.24. The fourth-order valence-corrected chi connectivity index (χ4v) is 2.44. The van der Waals surface area contributed by atoms with Crippen LogP contribution in [0.15, 0.2) is 18.2 Å². The van der Waals surface area contributed by atoms with E-state index >= 15 is 0 Å². The normalized spacial score (nSPS) is 20.3. The number of hydrogen-bond donors (Lipinski definition) is 1. The van der Waals surface area contributed by atoms with E-state index in [4.69, 9.17) is 9.47 Å². The molecule has 4 nitrogen and oxygen atoms in total. The van der Waals surface area contributed by atoms with E-state index in [0.29, 0.717) is 12.6 Å². The van der Waals surface area contributed by atoms with Gasteiger partial charge in [-0.2, -0.15) is 0 Å². The second kappa shape index (κ2) is 6.78. The molecule has 1 aromatic carbocycles. The SMILES string of the molecule is CCOc1cc(CN2CCNC[C@H]2C)ccc1OC. The molecule has 1 atom stereocenters. The minimum atomic E-state index is 0.575. The molecule has 1 N–H and O–H groups in total. The number of rotatable bonds is 5. The lowest BCUT2D eigenvalue weighted by Gasteiger charge is -2.34. The molecule has 0 amide bonds. The summed E-state index contributed by atoms with van der Waals surface area (Å²) in [5.74, 6) is 1.64. The van der Waals surface area contributed by atoms with Gasteiger partial charge >= 0.3 is 0 Å². The number of benzene rings is 1.